The lowest BCUT2D eigenvalue weighted by molar-refractivity contribution is -0.147. The summed E-state index contributed by atoms with van der Waals surface area (Å²) in [5.41, 5.74) is -0.735. The molecule has 0 unspecified atom stereocenters. The van der Waals surface area contributed by atoms with Crippen molar-refractivity contribution in [3.8, 4) is 0 Å². The van der Waals surface area contributed by atoms with Crippen molar-refractivity contribution in [3.05, 3.63) is 0 Å². The highest BCUT2D eigenvalue weighted by atomic mass is 16.2. The molecule has 0 aromatic carbocycles. The van der Waals surface area contributed by atoms with E-state index in [-0.39, 0.29) is 82.8 Å². The topological polar surface area (TPSA) is 121 Å². The molecule has 0 radical (unpaired) electrons. The van der Waals surface area contributed by atoms with Gasteiger partial charge < -0.3 is 10.2 Å². The van der Waals surface area contributed by atoms with Gasteiger partial charge in [-0.2, -0.15) is 0 Å². The number of carbonyl (C=O) groups is 6. The molecule has 2 amide bonds. The average molecular weight is 780 g/mol. The first-order valence-electron chi connectivity index (χ1n) is 22.7. The summed E-state index contributed by atoms with van der Waals surface area (Å²) in [7, 11) is 0. The van der Waals surface area contributed by atoms with Crippen LogP contribution in [-0.4, -0.2) is 82.0 Å². The second kappa shape index (κ2) is 17.4. The molecule has 5 fully saturated rings. The van der Waals surface area contributed by atoms with Crippen molar-refractivity contribution in [2.75, 3.05) is 13.1 Å². The number of piperidine rings is 1. The van der Waals surface area contributed by atoms with Crippen LogP contribution in [0, 0.1) is 45.3 Å². The molecule has 5 aliphatic rings. The first-order valence-corrected chi connectivity index (χ1v) is 22.7. The zero-order valence-corrected chi connectivity index (χ0v) is 36.9. The van der Waals surface area contributed by atoms with Gasteiger partial charge >= 0.3 is 0 Å². The highest BCUT2D eigenvalue weighted by Crippen LogP contribution is 2.88. The lowest BCUT2D eigenvalue weighted by Gasteiger charge is -2.40. The first-order chi connectivity index (χ1) is 26.2. The van der Waals surface area contributed by atoms with Gasteiger partial charge in [0.2, 0.25) is 17.6 Å². The summed E-state index contributed by atoms with van der Waals surface area (Å²) in [6, 6.07) is -1.39. The average Bonchev–Trinajstić information content (AvgIpc) is 3.33. The second-order valence-electron chi connectivity index (χ2n) is 21.2. The SMILES string of the molecule is CCC[C@H](CC(=O)[C@@H]1C[C@@]2(CN1C(=O)[C@@H](CC(=O)[C@@H](NC(=O)[C@@H]1CCCCN1C(C)C)C1CCCCC1)C(C)(C)C)C(C)(C)C21CCC1)C(=O)C(=O)CC(C)C. The number of hydrogen-bond acceptors (Lipinski definition) is 7. The second-order valence-corrected chi connectivity index (χ2v) is 21.2. The van der Waals surface area contributed by atoms with Crippen LogP contribution >= 0.6 is 0 Å². The Morgan fingerprint density at radius 1 is 0.786 bits per heavy atom. The first kappa shape index (κ1) is 44.7. The molecule has 9 nitrogen and oxygen atoms in total. The van der Waals surface area contributed by atoms with E-state index in [2.05, 4.69) is 37.9 Å². The van der Waals surface area contributed by atoms with Gasteiger partial charge in [0.1, 0.15) is 0 Å². The molecule has 6 atom stereocenters. The van der Waals surface area contributed by atoms with Crippen molar-refractivity contribution < 1.29 is 28.8 Å². The smallest absolute Gasteiger partial charge is 0.237 e. The van der Waals surface area contributed by atoms with E-state index in [1.807, 2.05) is 46.4 Å². The summed E-state index contributed by atoms with van der Waals surface area (Å²) < 4.78 is 0. The largest absolute Gasteiger partial charge is 0.345 e. The highest BCUT2D eigenvalue weighted by Gasteiger charge is 2.85. The standard InChI is InChI=1S/C47H77N3O6/c1-11-18-33(41(54)39(53)25-30(2)3)26-37(51)36-28-47(45(9,10)46(47)22-17-23-46)29-50(36)43(56)34(44(6,7)8)27-38(52)40(32-19-13-12-14-20-32)48-42(55)35-21-15-16-24-49(35)31(4)5/h30-36,40H,11-29H2,1-10H3,(H,48,55)/t33-,34-,35+,36+,40+,47-/m1/s1. The molecule has 0 aromatic rings. The maximum atomic E-state index is 15.3. The summed E-state index contributed by atoms with van der Waals surface area (Å²) >= 11 is 0. The zero-order chi connectivity index (χ0) is 41.4. The lowest BCUT2D eigenvalue weighted by Crippen LogP contribution is -2.57. The van der Waals surface area contributed by atoms with Crippen LogP contribution in [0.3, 0.4) is 0 Å². The molecule has 2 spiro atoms. The Hall–Kier alpha value is -2.42. The summed E-state index contributed by atoms with van der Waals surface area (Å²) in [6.45, 7) is 22.0. The van der Waals surface area contributed by atoms with Gasteiger partial charge in [0.05, 0.1) is 18.1 Å². The third kappa shape index (κ3) is 8.50. The molecule has 2 aliphatic heterocycles. The fourth-order valence-corrected chi connectivity index (χ4v) is 12.2. The van der Waals surface area contributed by atoms with Crippen LogP contribution in [-0.2, 0) is 28.8 Å². The Kier molecular flexibility index (Phi) is 13.9. The van der Waals surface area contributed by atoms with Gasteiger partial charge in [-0.3, -0.25) is 33.7 Å². The Morgan fingerprint density at radius 3 is 1.96 bits per heavy atom. The third-order valence-corrected chi connectivity index (χ3v) is 15.8. The van der Waals surface area contributed by atoms with Crippen LogP contribution in [0.1, 0.15) is 178 Å². The fourth-order valence-electron chi connectivity index (χ4n) is 12.2. The monoisotopic (exact) mass is 780 g/mol. The van der Waals surface area contributed by atoms with E-state index in [0.29, 0.717) is 25.8 Å². The van der Waals surface area contributed by atoms with Crippen molar-refractivity contribution in [2.24, 2.45) is 45.3 Å². The van der Waals surface area contributed by atoms with E-state index in [4.69, 9.17) is 0 Å². The van der Waals surface area contributed by atoms with Crippen molar-refractivity contribution in [3.63, 3.8) is 0 Å². The van der Waals surface area contributed by atoms with Gasteiger partial charge in [-0.15, -0.1) is 0 Å². The van der Waals surface area contributed by atoms with Gasteiger partial charge in [0, 0.05) is 49.1 Å². The van der Waals surface area contributed by atoms with E-state index >= 15 is 4.79 Å². The van der Waals surface area contributed by atoms with Crippen LogP contribution < -0.4 is 5.32 Å². The molecule has 5 rings (SSSR count). The molecule has 316 valence electrons. The van der Waals surface area contributed by atoms with Gasteiger partial charge in [0.25, 0.3) is 0 Å². The van der Waals surface area contributed by atoms with Gasteiger partial charge in [0.15, 0.2) is 17.3 Å². The Bertz CT molecular complexity index is 1480. The van der Waals surface area contributed by atoms with Crippen molar-refractivity contribution in [2.45, 2.75) is 203 Å². The number of rotatable bonds is 17. The van der Waals surface area contributed by atoms with E-state index in [0.717, 1.165) is 77.2 Å². The molecule has 1 N–H and O–H groups in total. The number of nitrogens with zero attached hydrogens (tertiary/aromatic N) is 2. The fraction of sp³-hybridized carbons (Fsp3) is 0.872. The van der Waals surface area contributed by atoms with Crippen molar-refractivity contribution >= 4 is 34.9 Å². The van der Waals surface area contributed by atoms with Crippen LogP contribution in [0.5, 0.6) is 0 Å². The van der Waals surface area contributed by atoms with E-state index in [1.165, 1.54) is 0 Å². The molecule has 56 heavy (non-hydrogen) atoms. The number of ketones is 4. The summed E-state index contributed by atoms with van der Waals surface area (Å²) in [4.78, 5) is 89.2. The van der Waals surface area contributed by atoms with E-state index in [1.54, 1.807) is 0 Å². The Morgan fingerprint density at radius 2 is 1.43 bits per heavy atom. The molecular formula is C47H77N3O6. The molecule has 0 bridgehead atoms. The number of Topliss-reactive ketones (excluding diaryl/α,β-unsaturated/α-hetero) is 4. The Labute approximate surface area is 339 Å². The van der Waals surface area contributed by atoms with Crippen LogP contribution in [0.2, 0.25) is 0 Å². The minimum absolute atomic E-state index is 0.00192. The van der Waals surface area contributed by atoms with E-state index < -0.39 is 40.9 Å². The molecule has 2 saturated heterocycles. The maximum absolute atomic E-state index is 15.3. The van der Waals surface area contributed by atoms with E-state index in [9.17, 15) is 24.0 Å². The van der Waals surface area contributed by atoms with Crippen LogP contribution in [0.25, 0.3) is 0 Å². The van der Waals surface area contributed by atoms with Gasteiger partial charge in [-0.1, -0.05) is 93.9 Å². The third-order valence-electron chi connectivity index (χ3n) is 15.8. The number of likely N-dealkylation sites (tertiary alicyclic amines) is 2. The summed E-state index contributed by atoms with van der Waals surface area (Å²) in [5.74, 6) is -2.62. The number of hydrogen-bond donors (Lipinski definition) is 1. The number of fused-ring (bicyclic) bond motifs is 1. The molecule has 3 saturated carbocycles. The van der Waals surface area contributed by atoms with Crippen molar-refractivity contribution in [1.82, 2.24) is 15.1 Å². The zero-order valence-electron chi connectivity index (χ0n) is 36.9. The minimum atomic E-state index is -0.698. The predicted octanol–water partition coefficient (Wildman–Crippen LogP) is 8.29. The molecule has 9 heteroatoms. The van der Waals surface area contributed by atoms with Crippen LogP contribution in [0.4, 0.5) is 0 Å². The normalized spacial score (nSPS) is 27.9. The maximum Gasteiger partial charge on any atom is 0.237 e. The molecular weight excluding hydrogens is 703 g/mol. The van der Waals surface area contributed by atoms with Crippen molar-refractivity contribution in [1.29, 1.82) is 0 Å². The summed E-state index contributed by atoms with van der Waals surface area (Å²) in [5, 5.41) is 3.29. The minimum Gasteiger partial charge on any atom is -0.345 e. The molecule has 0 aromatic heterocycles. The lowest BCUT2D eigenvalue weighted by atomic mass is 9.73. The van der Waals surface area contributed by atoms with Crippen LogP contribution in [0.15, 0.2) is 0 Å². The molecule has 2 heterocycles. The number of carbonyl (C=O) groups excluding carboxylic acids is 6. The Balaban J connectivity index is 1.43. The highest BCUT2D eigenvalue weighted by molar-refractivity contribution is 6.38. The number of amides is 2. The van der Waals surface area contributed by atoms with Gasteiger partial charge in [-0.25, -0.2) is 0 Å². The predicted molar refractivity (Wildman–Crippen MR) is 221 cm³/mol. The summed E-state index contributed by atoms with van der Waals surface area (Å²) in [6.07, 6.45) is 12.9. The molecule has 3 aliphatic carbocycles. The number of nitrogens with one attached hydrogen (secondary N) is 1. The van der Waals surface area contributed by atoms with Gasteiger partial charge in [-0.05, 0) is 99.8 Å². The quantitative estimate of drug-likeness (QED) is 0.148.